The molecule has 3 aliphatic rings. The third-order valence-corrected chi connectivity index (χ3v) is 9.31. The van der Waals surface area contributed by atoms with Gasteiger partial charge in [-0.1, -0.05) is 51.1 Å². The van der Waals surface area contributed by atoms with Gasteiger partial charge in [0.2, 0.25) is 11.8 Å². The van der Waals surface area contributed by atoms with E-state index in [1.54, 1.807) is 6.20 Å². The van der Waals surface area contributed by atoms with Crippen LogP contribution in [0.25, 0.3) is 11.3 Å². The van der Waals surface area contributed by atoms with Crippen LogP contribution in [0.15, 0.2) is 36.5 Å². The number of fused-ring (bicyclic) bond motifs is 4. The Balaban J connectivity index is 1.36. The molecule has 3 amide bonds. The molecule has 1 N–H and O–H groups in total. The lowest BCUT2D eigenvalue weighted by atomic mass is 9.77. The molecule has 0 saturated carbocycles. The summed E-state index contributed by atoms with van der Waals surface area (Å²) in [6.07, 6.45) is 7.02. The summed E-state index contributed by atoms with van der Waals surface area (Å²) in [5, 5.41) is 3.26. The van der Waals surface area contributed by atoms with Crippen LogP contribution in [0.3, 0.4) is 0 Å². The Kier molecular flexibility index (Phi) is 9.05. The Morgan fingerprint density at radius 3 is 2.59 bits per heavy atom. The molecule has 1 aromatic heterocycles. The quantitative estimate of drug-likeness (QED) is 0.579. The summed E-state index contributed by atoms with van der Waals surface area (Å²) in [5.41, 5.74) is 2.09. The maximum atomic E-state index is 14.0. The molecular weight excluding hydrogens is 514 g/mol. The van der Waals surface area contributed by atoms with Crippen LogP contribution in [0.4, 0.5) is 0 Å². The minimum Gasteiger partial charge on any atom is -0.353 e. The fraction of sp³-hybridized carbons (Fsp3) is 0.606. The van der Waals surface area contributed by atoms with Crippen LogP contribution >= 0.6 is 0 Å². The minimum atomic E-state index is -0.0456. The molecule has 2 aromatic rings. The first-order valence-electron chi connectivity index (χ1n) is 15.5. The zero-order valence-electron chi connectivity index (χ0n) is 25.0. The maximum Gasteiger partial charge on any atom is 0.257 e. The molecular formula is C33H45N5O3. The van der Waals surface area contributed by atoms with Crippen LogP contribution in [-0.4, -0.2) is 69.2 Å². The predicted octanol–water partition coefficient (Wildman–Crippen LogP) is 4.87. The average Bonchev–Trinajstić information content (AvgIpc) is 2.96. The zero-order chi connectivity index (χ0) is 29.1. The second-order valence-electron chi connectivity index (χ2n) is 12.9. The number of amides is 3. The highest BCUT2D eigenvalue weighted by atomic mass is 16.2. The number of aryl methyl sites for hydroxylation is 1. The van der Waals surface area contributed by atoms with Gasteiger partial charge in [-0.3, -0.25) is 14.4 Å². The Bertz CT molecular complexity index is 1250. The highest BCUT2D eigenvalue weighted by Crippen LogP contribution is 2.37. The standard InChI is InChI=1S/C33H45N5O3/c1-21(2)28-14-13-22(3)15-31(40)38-19-24-16-26(29(38)11-8-12-30(39)36-28)20-37(18-24)33(41)27-17-34-23(4)35-32(27)25-9-6-5-7-10-25/h5-7,9-10,17,21-22,24,26,28-29H,8,11-16,18-20H2,1-4H3,(H,36,39)/t22-,24+,26+,28+,29+/m1/s1. The normalized spacial score (nSPS) is 27.8. The predicted molar refractivity (Wildman–Crippen MR) is 159 cm³/mol. The number of carbonyl (C=O) groups excluding carboxylic acids is 3. The Morgan fingerprint density at radius 1 is 1.05 bits per heavy atom. The van der Waals surface area contributed by atoms with Gasteiger partial charge in [0.25, 0.3) is 5.91 Å². The van der Waals surface area contributed by atoms with Crippen LogP contribution in [-0.2, 0) is 9.59 Å². The van der Waals surface area contributed by atoms with Crippen molar-refractivity contribution < 1.29 is 14.4 Å². The maximum absolute atomic E-state index is 14.0. The van der Waals surface area contributed by atoms with Crippen LogP contribution in [0.1, 0.15) is 81.9 Å². The molecule has 0 unspecified atom stereocenters. The van der Waals surface area contributed by atoms with Crippen LogP contribution in [0.2, 0.25) is 0 Å². The van der Waals surface area contributed by atoms with Crippen molar-refractivity contribution >= 4 is 17.7 Å². The van der Waals surface area contributed by atoms with Crippen molar-refractivity contribution in [3.05, 3.63) is 47.9 Å². The van der Waals surface area contributed by atoms with E-state index in [-0.39, 0.29) is 47.6 Å². The van der Waals surface area contributed by atoms with Crippen molar-refractivity contribution in [2.45, 2.75) is 84.7 Å². The van der Waals surface area contributed by atoms with Gasteiger partial charge >= 0.3 is 0 Å². The molecule has 1 aromatic carbocycles. The van der Waals surface area contributed by atoms with E-state index in [9.17, 15) is 14.4 Å². The van der Waals surface area contributed by atoms with Gasteiger partial charge in [0, 0.05) is 56.3 Å². The van der Waals surface area contributed by atoms with E-state index in [4.69, 9.17) is 0 Å². The summed E-state index contributed by atoms with van der Waals surface area (Å²) < 4.78 is 0. The van der Waals surface area contributed by atoms with Crippen molar-refractivity contribution in [2.75, 3.05) is 19.6 Å². The van der Waals surface area contributed by atoms with Gasteiger partial charge < -0.3 is 15.1 Å². The average molecular weight is 560 g/mol. The molecule has 41 heavy (non-hydrogen) atoms. The molecule has 2 bridgehead atoms. The molecule has 8 nitrogen and oxygen atoms in total. The summed E-state index contributed by atoms with van der Waals surface area (Å²) in [4.78, 5) is 53.6. The first-order valence-corrected chi connectivity index (χ1v) is 15.5. The molecule has 4 heterocycles. The minimum absolute atomic E-state index is 0.0406. The molecule has 0 spiro atoms. The van der Waals surface area contributed by atoms with E-state index in [1.807, 2.05) is 42.2 Å². The third kappa shape index (κ3) is 6.79. The van der Waals surface area contributed by atoms with Gasteiger partial charge in [0.05, 0.1) is 11.3 Å². The molecule has 3 fully saturated rings. The topological polar surface area (TPSA) is 95.5 Å². The first kappa shape index (κ1) is 29.2. The van der Waals surface area contributed by atoms with E-state index in [2.05, 4.69) is 41.0 Å². The SMILES string of the molecule is Cc1ncc(C(=O)N2C[C@@H]3C[C@@H](C2)[C@@H]2CCCC(=O)N[C@H](C(C)C)CC[C@@H](C)CC(=O)N2C3)c(-c2ccccc2)n1. The molecule has 220 valence electrons. The summed E-state index contributed by atoms with van der Waals surface area (Å²) in [6, 6.07) is 9.99. The number of nitrogens with one attached hydrogen (secondary N) is 1. The molecule has 3 aliphatic heterocycles. The van der Waals surface area contributed by atoms with Crippen molar-refractivity contribution in [3.8, 4) is 11.3 Å². The number of aromatic nitrogens is 2. The lowest BCUT2D eigenvalue weighted by Crippen LogP contribution is -2.60. The zero-order valence-corrected chi connectivity index (χ0v) is 25.0. The van der Waals surface area contributed by atoms with Gasteiger partial charge in [0.15, 0.2) is 0 Å². The summed E-state index contributed by atoms with van der Waals surface area (Å²) in [7, 11) is 0. The van der Waals surface area contributed by atoms with Crippen molar-refractivity contribution in [3.63, 3.8) is 0 Å². The number of likely N-dealkylation sites (tertiary alicyclic amines) is 1. The number of hydrogen-bond donors (Lipinski definition) is 1. The molecule has 5 atom stereocenters. The first-order chi connectivity index (χ1) is 19.7. The van der Waals surface area contributed by atoms with Crippen molar-refractivity contribution in [2.24, 2.45) is 23.7 Å². The van der Waals surface area contributed by atoms with Crippen LogP contribution in [0.5, 0.6) is 0 Å². The highest BCUT2D eigenvalue weighted by Gasteiger charge is 2.44. The number of piperidine rings is 2. The number of carbonyl (C=O) groups is 3. The second-order valence-corrected chi connectivity index (χ2v) is 12.9. The van der Waals surface area contributed by atoms with Gasteiger partial charge in [-0.05, 0) is 62.7 Å². The smallest absolute Gasteiger partial charge is 0.257 e. The molecule has 5 rings (SSSR count). The summed E-state index contributed by atoms with van der Waals surface area (Å²) in [6.45, 7) is 10.2. The third-order valence-electron chi connectivity index (χ3n) is 9.31. The number of nitrogens with zero attached hydrogens (tertiary/aromatic N) is 4. The monoisotopic (exact) mass is 559 g/mol. The van der Waals surface area contributed by atoms with Gasteiger partial charge in [-0.15, -0.1) is 0 Å². The second kappa shape index (κ2) is 12.7. The van der Waals surface area contributed by atoms with E-state index in [1.165, 1.54) is 0 Å². The van der Waals surface area contributed by atoms with E-state index < -0.39 is 0 Å². The van der Waals surface area contributed by atoms with Gasteiger partial charge in [-0.2, -0.15) is 0 Å². The number of benzene rings is 1. The Hall–Kier alpha value is -3.29. The molecule has 3 saturated heterocycles. The number of rotatable bonds is 3. The lowest BCUT2D eigenvalue weighted by Gasteiger charge is -2.51. The fourth-order valence-electron chi connectivity index (χ4n) is 7.09. The lowest BCUT2D eigenvalue weighted by molar-refractivity contribution is -0.141. The summed E-state index contributed by atoms with van der Waals surface area (Å²) >= 11 is 0. The summed E-state index contributed by atoms with van der Waals surface area (Å²) in [5.74, 6) is 1.98. The molecule has 0 aliphatic carbocycles. The number of hydrogen-bond acceptors (Lipinski definition) is 5. The molecule has 8 heteroatoms. The molecule has 0 radical (unpaired) electrons. The van der Waals surface area contributed by atoms with E-state index >= 15 is 0 Å². The Morgan fingerprint density at radius 2 is 1.83 bits per heavy atom. The van der Waals surface area contributed by atoms with Crippen LogP contribution in [0, 0.1) is 30.6 Å². The van der Waals surface area contributed by atoms with Crippen molar-refractivity contribution in [1.29, 1.82) is 0 Å². The highest BCUT2D eigenvalue weighted by molar-refractivity contribution is 5.99. The Labute approximate surface area is 244 Å². The van der Waals surface area contributed by atoms with E-state index in [0.29, 0.717) is 55.5 Å². The fourth-order valence-corrected chi connectivity index (χ4v) is 7.09. The van der Waals surface area contributed by atoms with E-state index in [0.717, 1.165) is 37.7 Å². The van der Waals surface area contributed by atoms with Gasteiger partial charge in [-0.25, -0.2) is 9.97 Å². The largest absolute Gasteiger partial charge is 0.353 e. The van der Waals surface area contributed by atoms with Crippen molar-refractivity contribution in [1.82, 2.24) is 25.1 Å². The van der Waals surface area contributed by atoms with Gasteiger partial charge in [0.1, 0.15) is 5.82 Å². The van der Waals surface area contributed by atoms with Crippen LogP contribution < -0.4 is 5.32 Å².